The summed E-state index contributed by atoms with van der Waals surface area (Å²) in [6.45, 7) is 6.10. The molecule has 0 N–H and O–H groups in total. The Balaban J connectivity index is 0.000000637. The zero-order chi connectivity index (χ0) is 13.8. The molecule has 0 atom stereocenters. The maximum atomic E-state index is 4.50. The fourth-order valence-electron chi connectivity index (χ4n) is 2.04. The Bertz CT molecular complexity index is 683. The van der Waals surface area contributed by atoms with Crippen molar-refractivity contribution in [2.75, 3.05) is 0 Å². The number of benzene rings is 1. The molecule has 0 aliphatic heterocycles. The van der Waals surface area contributed by atoms with Gasteiger partial charge in [-0.15, -0.1) is 0 Å². The number of pyridine rings is 1. The summed E-state index contributed by atoms with van der Waals surface area (Å²) in [5, 5.41) is 6.60. The summed E-state index contributed by atoms with van der Waals surface area (Å²) in [5.41, 5.74) is 3.28. The predicted molar refractivity (Wildman–Crippen MR) is 80.0 cm³/mol. The van der Waals surface area contributed by atoms with Crippen molar-refractivity contribution in [1.82, 2.24) is 14.8 Å². The van der Waals surface area contributed by atoms with E-state index in [-0.39, 0.29) is 0 Å². The first-order valence-electron chi connectivity index (χ1n) is 6.58. The van der Waals surface area contributed by atoms with E-state index < -0.39 is 0 Å². The first kappa shape index (κ1) is 13.3. The van der Waals surface area contributed by atoms with Gasteiger partial charge in [-0.3, -0.25) is 9.67 Å². The van der Waals surface area contributed by atoms with Gasteiger partial charge in [0.15, 0.2) is 0 Å². The lowest BCUT2D eigenvalue weighted by atomic mass is 10.1. The van der Waals surface area contributed by atoms with Crippen LogP contribution in [0.2, 0.25) is 0 Å². The Labute approximate surface area is 113 Å². The van der Waals surface area contributed by atoms with Crippen LogP contribution in [-0.4, -0.2) is 14.8 Å². The van der Waals surface area contributed by atoms with Gasteiger partial charge in [-0.2, -0.15) is 5.10 Å². The Hall–Kier alpha value is -2.16. The molecule has 0 fully saturated rings. The SMILES string of the molecule is CC.Cc1cccc2cc(-c3cnn(C)c3)ncc12. The van der Waals surface area contributed by atoms with Crippen molar-refractivity contribution in [3.63, 3.8) is 0 Å². The summed E-state index contributed by atoms with van der Waals surface area (Å²) in [5.74, 6) is 0. The lowest BCUT2D eigenvalue weighted by Gasteiger charge is -2.03. The van der Waals surface area contributed by atoms with Crippen molar-refractivity contribution in [3.05, 3.63) is 48.4 Å². The highest BCUT2D eigenvalue weighted by Crippen LogP contribution is 2.23. The zero-order valence-corrected chi connectivity index (χ0v) is 11.9. The van der Waals surface area contributed by atoms with Crippen LogP contribution in [0.15, 0.2) is 42.9 Å². The van der Waals surface area contributed by atoms with E-state index in [0.29, 0.717) is 0 Å². The third kappa shape index (κ3) is 2.65. The van der Waals surface area contributed by atoms with Crippen LogP contribution in [0.3, 0.4) is 0 Å². The van der Waals surface area contributed by atoms with Crippen LogP contribution >= 0.6 is 0 Å². The van der Waals surface area contributed by atoms with Crippen LogP contribution in [0.25, 0.3) is 22.0 Å². The molecular formula is C16H19N3. The molecule has 19 heavy (non-hydrogen) atoms. The van der Waals surface area contributed by atoms with Crippen molar-refractivity contribution < 1.29 is 0 Å². The number of rotatable bonds is 1. The Morgan fingerprint density at radius 3 is 2.58 bits per heavy atom. The summed E-state index contributed by atoms with van der Waals surface area (Å²) in [4.78, 5) is 4.50. The monoisotopic (exact) mass is 253 g/mol. The molecule has 0 unspecified atom stereocenters. The molecule has 3 nitrogen and oxygen atoms in total. The summed E-state index contributed by atoms with van der Waals surface area (Å²) in [6.07, 6.45) is 5.75. The average molecular weight is 253 g/mol. The third-order valence-corrected chi connectivity index (χ3v) is 2.98. The van der Waals surface area contributed by atoms with Crippen LogP contribution in [0.1, 0.15) is 19.4 Å². The molecule has 3 aromatic rings. The van der Waals surface area contributed by atoms with Crippen molar-refractivity contribution in [1.29, 1.82) is 0 Å². The average Bonchev–Trinajstić information content (AvgIpc) is 2.88. The molecule has 2 aromatic heterocycles. The molecule has 0 saturated heterocycles. The van der Waals surface area contributed by atoms with Crippen molar-refractivity contribution >= 4 is 10.8 Å². The van der Waals surface area contributed by atoms with Crippen molar-refractivity contribution in [2.45, 2.75) is 20.8 Å². The molecule has 2 heterocycles. The largest absolute Gasteiger partial charge is 0.275 e. The molecule has 0 amide bonds. The number of nitrogens with zero attached hydrogens (tertiary/aromatic N) is 3. The van der Waals surface area contributed by atoms with Gasteiger partial charge in [0.05, 0.1) is 11.9 Å². The minimum Gasteiger partial charge on any atom is -0.275 e. The Kier molecular flexibility index (Phi) is 3.95. The predicted octanol–water partition coefficient (Wildman–Crippen LogP) is 3.97. The van der Waals surface area contributed by atoms with Gasteiger partial charge < -0.3 is 0 Å². The first-order valence-corrected chi connectivity index (χ1v) is 6.58. The normalized spacial score (nSPS) is 10.1. The number of aryl methyl sites for hydroxylation is 2. The van der Waals surface area contributed by atoms with Gasteiger partial charge in [0.2, 0.25) is 0 Å². The summed E-state index contributed by atoms with van der Waals surface area (Å²) in [7, 11) is 1.91. The smallest absolute Gasteiger partial charge is 0.0739 e. The van der Waals surface area contributed by atoms with Gasteiger partial charge in [0, 0.05) is 30.4 Å². The van der Waals surface area contributed by atoms with Crippen LogP contribution in [0, 0.1) is 6.92 Å². The molecule has 0 aliphatic carbocycles. The second-order valence-corrected chi connectivity index (χ2v) is 4.27. The molecule has 1 aromatic carbocycles. The summed E-state index contributed by atoms with van der Waals surface area (Å²) < 4.78 is 1.79. The molecule has 98 valence electrons. The lowest BCUT2D eigenvalue weighted by Crippen LogP contribution is -1.86. The van der Waals surface area contributed by atoms with E-state index in [1.54, 1.807) is 4.68 Å². The summed E-state index contributed by atoms with van der Waals surface area (Å²) in [6, 6.07) is 8.40. The number of hydrogen-bond donors (Lipinski definition) is 0. The van der Waals surface area contributed by atoms with Gasteiger partial charge in [0.1, 0.15) is 0 Å². The molecule has 0 radical (unpaired) electrons. The van der Waals surface area contributed by atoms with Gasteiger partial charge in [-0.25, -0.2) is 0 Å². The molecule has 3 rings (SSSR count). The van der Waals surface area contributed by atoms with Gasteiger partial charge in [0.25, 0.3) is 0 Å². The quantitative estimate of drug-likeness (QED) is 0.657. The number of aromatic nitrogens is 3. The fourth-order valence-corrected chi connectivity index (χ4v) is 2.04. The van der Waals surface area contributed by atoms with E-state index in [1.807, 2.05) is 39.5 Å². The fraction of sp³-hybridized carbons (Fsp3) is 0.250. The summed E-state index contributed by atoms with van der Waals surface area (Å²) >= 11 is 0. The maximum absolute atomic E-state index is 4.50. The van der Waals surface area contributed by atoms with E-state index in [1.165, 1.54) is 16.3 Å². The highest BCUT2D eigenvalue weighted by atomic mass is 15.2. The zero-order valence-electron chi connectivity index (χ0n) is 11.9. The standard InChI is InChI=1S/C14H13N3.C2H6/c1-10-4-3-5-11-6-14(15-8-13(10)11)12-7-16-17(2)9-12;1-2/h3-9H,1-2H3;1-2H3. The molecule has 0 aliphatic rings. The lowest BCUT2D eigenvalue weighted by molar-refractivity contribution is 0.768. The minimum atomic E-state index is 0.969. The minimum absolute atomic E-state index is 0.969. The number of fused-ring (bicyclic) bond motifs is 1. The third-order valence-electron chi connectivity index (χ3n) is 2.98. The van der Waals surface area contributed by atoms with Crippen LogP contribution in [-0.2, 0) is 7.05 Å². The van der Waals surface area contributed by atoms with E-state index >= 15 is 0 Å². The van der Waals surface area contributed by atoms with E-state index in [2.05, 4.69) is 41.3 Å². The van der Waals surface area contributed by atoms with E-state index in [9.17, 15) is 0 Å². The molecular weight excluding hydrogens is 234 g/mol. The highest BCUT2D eigenvalue weighted by Gasteiger charge is 2.04. The molecule has 3 heteroatoms. The Morgan fingerprint density at radius 1 is 1.11 bits per heavy atom. The number of hydrogen-bond acceptors (Lipinski definition) is 2. The van der Waals surface area contributed by atoms with E-state index in [4.69, 9.17) is 0 Å². The van der Waals surface area contributed by atoms with Gasteiger partial charge in [-0.05, 0) is 23.9 Å². The first-order chi connectivity index (χ1) is 9.24. The second kappa shape index (κ2) is 5.65. The Morgan fingerprint density at radius 2 is 1.89 bits per heavy atom. The van der Waals surface area contributed by atoms with Crippen LogP contribution < -0.4 is 0 Å². The van der Waals surface area contributed by atoms with Gasteiger partial charge in [-0.1, -0.05) is 32.0 Å². The van der Waals surface area contributed by atoms with E-state index in [0.717, 1.165) is 11.3 Å². The molecule has 0 saturated carbocycles. The highest BCUT2D eigenvalue weighted by molar-refractivity contribution is 5.87. The molecule has 0 spiro atoms. The van der Waals surface area contributed by atoms with Crippen LogP contribution in [0.5, 0.6) is 0 Å². The second-order valence-electron chi connectivity index (χ2n) is 4.27. The van der Waals surface area contributed by atoms with Crippen molar-refractivity contribution in [2.24, 2.45) is 7.05 Å². The maximum Gasteiger partial charge on any atom is 0.0739 e. The molecule has 0 bridgehead atoms. The van der Waals surface area contributed by atoms with Crippen molar-refractivity contribution in [3.8, 4) is 11.3 Å². The topological polar surface area (TPSA) is 30.7 Å². The van der Waals surface area contributed by atoms with Crippen LogP contribution in [0.4, 0.5) is 0 Å². The van der Waals surface area contributed by atoms with Gasteiger partial charge >= 0.3 is 0 Å².